The van der Waals surface area contributed by atoms with Crippen molar-refractivity contribution in [3.63, 3.8) is 0 Å². The number of rotatable bonds is 2. The van der Waals surface area contributed by atoms with Crippen LogP contribution in [0.15, 0.2) is 51.5 Å². The van der Waals surface area contributed by atoms with E-state index in [1.807, 2.05) is 6.07 Å². The number of nitrogens with one attached hydrogen (secondary N) is 1. The van der Waals surface area contributed by atoms with Crippen molar-refractivity contribution in [3.8, 4) is 0 Å². The number of benzene rings is 2. The number of nitrogens with zero attached hydrogens (tertiary/aromatic N) is 1. The van der Waals surface area contributed by atoms with Gasteiger partial charge in [-0.1, -0.05) is 17.3 Å². The smallest absolute Gasteiger partial charge is 0.258 e. The van der Waals surface area contributed by atoms with E-state index >= 15 is 0 Å². The Kier molecular flexibility index (Phi) is 3.23. The summed E-state index contributed by atoms with van der Waals surface area (Å²) in [5.74, 6) is -0.575. The lowest BCUT2D eigenvalue weighted by molar-refractivity contribution is 0.102. The minimum Gasteiger partial charge on any atom is -0.354 e. The van der Waals surface area contributed by atoms with E-state index in [0.717, 1.165) is 0 Å². The maximum absolute atomic E-state index is 13.2. The number of carbonyl (C=O) groups is 1. The number of amides is 1. The molecule has 6 heteroatoms. The molecule has 3 rings (SSSR count). The molecule has 1 N–H and O–H groups in total. The number of fused-ring (bicyclic) bond motifs is 1. The molecule has 0 bridgehead atoms. The van der Waals surface area contributed by atoms with Gasteiger partial charge < -0.3 is 9.84 Å². The van der Waals surface area contributed by atoms with Crippen molar-refractivity contribution in [2.75, 3.05) is 5.32 Å². The van der Waals surface area contributed by atoms with Crippen LogP contribution in [-0.2, 0) is 0 Å². The average molecular weight is 335 g/mol. The maximum Gasteiger partial charge on any atom is 0.258 e. The average Bonchev–Trinajstić information content (AvgIpc) is 2.82. The molecular weight excluding hydrogens is 327 g/mol. The van der Waals surface area contributed by atoms with Crippen molar-refractivity contribution in [3.05, 3.63) is 58.3 Å². The zero-order chi connectivity index (χ0) is 14.1. The summed E-state index contributed by atoms with van der Waals surface area (Å²) in [6.07, 6.45) is 0. The highest BCUT2D eigenvalue weighted by atomic mass is 79.9. The predicted octanol–water partition coefficient (Wildman–Crippen LogP) is 3.98. The molecule has 0 aliphatic rings. The second-order valence-corrected chi connectivity index (χ2v) is 4.96. The minimum atomic E-state index is -0.419. The molecule has 4 nitrogen and oxygen atoms in total. The summed E-state index contributed by atoms with van der Waals surface area (Å²) in [7, 11) is 0. The molecule has 0 atom stereocenters. The fourth-order valence-electron chi connectivity index (χ4n) is 1.82. The summed E-state index contributed by atoms with van der Waals surface area (Å²) in [5.41, 5.74) is 0.869. The molecule has 0 aliphatic heterocycles. The van der Waals surface area contributed by atoms with E-state index in [0.29, 0.717) is 21.0 Å². The zero-order valence-corrected chi connectivity index (χ0v) is 11.6. The van der Waals surface area contributed by atoms with E-state index in [1.165, 1.54) is 18.2 Å². The Morgan fingerprint density at radius 3 is 2.85 bits per heavy atom. The molecule has 20 heavy (non-hydrogen) atoms. The fraction of sp³-hybridized carbons (Fsp3) is 0. The van der Waals surface area contributed by atoms with Gasteiger partial charge in [-0.3, -0.25) is 4.79 Å². The van der Waals surface area contributed by atoms with Gasteiger partial charge in [0.1, 0.15) is 5.82 Å². The van der Waals surface area contributed by atoms with E-state index in [9.17, 15) is 9.18 Å². The van der Waals surface area contributed by atoms with Crippen molar-refractivity contribution in [1.29, 1.82) is 0 Å². The summed E-state index contributed by atoms with van der Waals surface area (Å²) >= 11 is 3.30. The summed E-state index contributed by atoms with van der Waals surface area (Å²) in [6, 6.07) is 11.0. The van der Waals surface area contributed by atoms with Crippen LogP contribution in [0.5, 0.6) is 0 Å². The van der Waals surface area contributed by atoms with Crippen molar-refractivity contribution in [1.82, 2.24) is 5.16 Å². The largest absolute Gasteiger partial charge is 0.354 e. The standard InChI is InChI=1S/C14H8BrFN2O2/c15-11-4-2-1-3-9(11)14(19)17-13-10-7-8(16)5-6-12(10)20-18-13/h1-7H,(H,17,18,19). The van der Waals surface area contributed by atoms with Crippen LogP contribution < -0.4 is 5.32 Å². The first-order chi connectivity index (χ1) is 9.65. The molecular formula is C14H8BrFN2O2. The van der Waals surface area contributed by atoms with Crippen LogP contribution in [0.1, 0.15) is 10.4 Å². The van der Waals surface area contributed by atoms with Gasteiger partial charge in [0.2, 0.25) is 0 Å². The maximum atomic E-state index is 13.2. The first kappa shape index (κ1) is 12.8. The molecule has 0 unspecified atom stereocenters. The Bertz CT molecular complexity index is 801. The Hall–Kier alpha value is -2.21. The summed E-state index contributed by atoms with van der Waals surface area (Å²) in [4.78, 5) is 12.1. The molecule has 0 spiro atoms. The molecule has 1 heterocycles. The van der Waals surface area contributed by atoms with Gasteiger partial charge in [-0.15, -0.1) is 0 Å². The van der Waals surface area contributed by atoms with Crippen LogP contribution in [0.25, 0.3) is 11.0 Å². The second-order valence-electron chi connectivity index (χ2n) is 4.11. The van der Waals surface area contributed by atoms with E-state index < -0.39 is 5.82 Å². The van der Waals surface area contributed by atoms with E-state index in [-0.39, 0.29) is 11.7 Å². The molecule has 1 aromatic heterocycles. The van der Waals surface area contributed by atoms with Gasteiger partial charge >= 0.3 is 0 Å². The number of hydrogen-bond acceptors (Lipinski definition) is 3. The molecule has 0 saturated heterocycles. The van der Waals surface area contributed by atoms with Gasteiger partial charge in [-0.25, -0.2) is 4.39 Å². The molecule has 0 fully saturated rings. The first-order valence-electron chi connectivity index (χ1n) is 5.76. The Labute approximate surface area is 121 Å². The van der Waals surface area contributed by atoms with E-state index in [4.69, 9.17) is 4.52 Å². The number of hydrogen-bond donors (Lipinski definition) is 1. The van der Waals surface area contributed by atoms with Crippen LogP contribution in [-0.4, -0.2) is 11.1 Å². The lowest BCUT2D eigenvalue weighted by Gasteiger charge is -2.03. The zero-order valence-electron chi connectivity index (χ0n) is 10.1. The minimum absolute atomic E-state index is 0.195. The van der Waals surface area contributed by atoms with Gasteiger partial charge in [0.15, 0.2) is 11.4 Å². The Balaban J connectivity index is 1.96. The van der Waals surface area contributed by atoms with Crippen LogP contribution in [0, 0.1) is 5.82 Å². The normalized spacial score (nSPS) is 10.7. The molecule has 2 aromatic carbocycles. The SMILES string of the molecule is O=C(Nc1noc2ccc(F)cc12)c1ccccc1Br. The third-order valence-electron chi connectivity index (χ3n) is 2.78. The number of anilines is 1. The molecule has 0 aliphatic carbocycles. The number of aromatic nitrogens is 1. The van der Waals surface area contributed by atoms with Crippen molar-refractivity contribution >= 4 is 38.6 Å². The highest BCUT2D eigenvalue weighted by molar-refractivity contribution is 9.10. The van der Waals surface area contributed by atoms with Gasteiger partial charge in [0.25, 0.3) is 5.91 Å². The first-order valence-corrected chi connectivity index (χ1v) is 6.55. The lowest BCUT2D eigenvalue weighted by Crippen LogP contribution is -2.12. The van der Waals surface area contributed by atoms with Crippen LogP contribution >= 0.6 is 15.9 Å². The van der Waals surface area contributed by atoms with E-state index in [1.54, 1.807) is 18.2 Å². The molecule has 0 radical (unpaired) electrons. The summed E-state index contributed by atoms with van der Waals surface area (Å²) in [6.45, 7) is 0. The van der Waals surface area contributed by atoms with Crippen molar-refractivity contribution in [2.45, 2.75) is 0 Å². The van der Waals surface area contributed by atoms with Crippen molar-refractivity contribution in [2.24, 2.45) is 0 Å². The van der Waals surface area contributed by atoms with Crippen LogP contribution in [0.3, 0.4) is 0 Å². The predicted molar refractivity (Wildman–Crippen MR) is 76.1 cm³/mol. The molecule has 1 amide bonds. The van der Waals surface area contributed by atoms with Gasteiger partial charge in [0, 0.05) is 4.47 Å². The van der Waals surface area contributed by atoms with Crippen molar-refractivity contribution < 1.29 is 13.7 Å². The summed E-state index contributed by atoms with van der Waals surface area (Å²) in [5, 5.41) is 6.77. The monoisotopic (exact) mass is 334 g/mol. The number of halogens is 2. The summed E-state index contributed by atoms with van der Waals surface area (Å²) < 4.78 is 18.9. The fourth-order valence-corrected chi connectivity index (χ4v) is 2.29. The van der Waals surface area contributed by atoms with E-state index in [2.05, 4.69) is 26.4 Å². The lowest BCUT2D eigenvalue weighted by atomic mass is 10.2. The van der Waals surface area contributed by atoms with Gasteiger partial charge in [0.05, 0.1) is 10.9 Å². The molecule has 0 saturated carbocycles. The number of carbonyl (C=O) groups excluding carboxylic acids is 1. The molecule has 3 aromatic rings. The third kappa shape index (κ3) is 2.30. The van der Waals surface area contributed by atoms with Crippen LogP contribution in [0.2, 0.25) is 0 Å². The quantitative estimate of drug-likeness (QED) is 0.771. The Morgan fingerprint density at radius 1 is 1.25 bits per heavy atom. The highest BCUT2D eigenvalue weighted by Crippen LogP contribution is 2.25. The third-order valence-corrected chi connectivity index (χ3v) is 3.47. The topological polar surface area (TPSA) is 55.1 Å². The Morgan fingerprint density at radius 2 is 2.05 bits per heavy atom. The highest BCUT2D eigenvalue weighted by Gasteiger charge is 2.15. The van der Waals surface area contributed by atoms with Gasteiger partial charge in [-0.2, -0.15) is 0 Å². The second kappa shape index (κ2) is 5.05. The van der Waals surface area contributed by atoms with Gasteiger partial charge in [-0.05, 0) is 46.3 Å². The molecule has 100 valence electrons. The van der Waals surface area contributed by atoms with Crippen LogP contribution in [0.4, 0.5) is 10.2 Å².